The first kappa shape index (κ1) is 14.7. The fraction of sp³-hybridized carbons (Fsp3) is 0.0833. The summed E-state index contributed by atoms with van der Waals surface area (Å²) in [5.74, 6) is -0.676. The van der Waals surface area contributed by atoms with Crippen LogP contribution in [0.3, 0.4) is 0 Å². The van der Waals surface area contributed by atoms with Crippen LogP contribution in [0, 0.1) is 5.82 Å². The van der Waals surface area contributed by atoms with Crippen LogP contribution >= 0.6 is 15.9 Å². The van der Waals surface area contributed by atoms with Crippen LogP contribution in [0.2, 0.25) is 0 Å². The predicted molar refractivity (Wildman–Crippen MR) is 78.7 cm³/mol. The van der Waals surface area contributed by atoms with Gasteiger partial charge in [-0.05, 0) is 40.2 Å². The van der Waals surface area contributed by atoms with Crippen LogP contribution in [0.1, 0.15) is 0 Å². The van der Waals surface area contributed by atoms with Crippen molar-refractivity contribution in [2.75, 3.05) is 17.1 Å². The van der Waals surface area contributed by atoms with E-state index in [9.17, 15) is 12.8 Å². The minimum absolute atomic E-state index is 0.153. The molecule has 2 rings (SSSR count). The second-order valence-electron chi connectivity index (χ2n) is 3.81. The van der Waals surface area contributed by atoms with Crippen molar-refractivity contribution < 1.29 is 12.8 Å². The van der Waals surface area contributed by atoms with Crippen molar-refractivity contribution in [3.05, 3.63) is 46.8 Å². The van der Waals surface area contributed by atoms with E-state index in [0.29, 0.717) is 10.2 Å². The second-order valence-corrected chi connectivity index (χ2v) is 6.26. The molecule has 0 spiro atoms. The van der Waals surface area contributed by atoms with Gasteiger partial charge in [0.1, 0.15) is 5.82 Å². The van der Waals surface area contributed by atoms with Crippen LogP contribution in [0.25, 0.3) is 0 Å². The predicted octanol–water partition coefficient (Wildman–Crippen LogP) is 2.83. The number of nitrogens with zero attached hydrogens (tertiary/aromatic N) is 1. The average Bonchev–Trinajstić information content (AvgIpc) is 2.43. The fourth-order valence-corrected chi connectivity index (χ4v) is 3.38. The first-order valence-electron chi connectivity index (χ1n) is 5.55. The molecule has 1 heterocycles. The molecule has 1 aromatic heterocycles. The normalized spacial score (nSPS) is 11.2. The summed E-state index contributed by atoms with van der Waals surface area (Å²) in [4.78, 5) is 3.83. The van der Waals surface area contributed by atoms with E-state index in [1.165, 1.54) is 18.3 Å². The van der Waals surface area contributed by atoms with Crippen molar-refractivity contribution in [1.82, 2.24) is 4.98 Å². The van der Waals surface area contributed by atoms with Gasteiger partial charge in [-0.3, -0.25) is 4.72 Å². The van der Waals surface area contributed by atoms with Gasteiger partial charge in [0.2, 0.25) is 0 Å². The van der Waals surface area contributed by atoms with E-state index in [-0.39, 0.29) is 10.7 Å². The third kappa shape index (κ3) is 2.91. The summed E-state index contributed by atoms with van der Waals surface area (Å²) in [6, 6.07) is 7.34. The topological polar surface area (TPSA) is 71.1 Å². The number of para-hydroxylation sites is 1. The number of halogens is 2. The molecule has 0 aliphatic carbocycles. The molecule has 0 atom stereocenters. The SMILES string of the molecule is CNc1cccnc1S(=O)(=O)Nc1c(F)cccc1Br. The summed E-state index contributed by atoms with van der Waals surface area (Å²) < 4.78 is 40.8. The largest absolute Gasteiger partial charge is 0.386 e. The third-order valence-corrected chi connectivity index (χ3v) is 4.46. The zero-order chi connectivity index (χ0) is 14.8. The van der Waals surface area contributed by atoms with Crippen LogP contribution in [-0.2, 0) is 10.0 Å². The highest BCUT2D eigenvalue weighted by molar-refractivity contribution is 9.10. The second kappa shape index (κ2) is 5.76. The van der Waals surface area contributed by atoms with Crippen molar-refractivity contribution in [2.24, 2.45) is 0 Å². The number of hydrogen-bond acceptors (Lipinski definition) is 4. The molecule has 0 unspecified atom stereocenters. The lowest BCUT2D eigenvalue weighted by molar-refractivity contribution is 0.595. The smallest absolute Gasteiger partial charge is 0.281 e. The number of nitrogens with one attached hydrogen (secondary N) is 2. The van der Waals surface area contributed by atoms with Gasteiger partial charge in [0.15, 0.2) is 5.03 Å². The fourth-order valence-electron chi connectivity index (χ4n) is 1.57. The van der Waals surface area contributed by atoms with Crippen molar-refractivity contribution in [3.63, 3.8) is 0 Å². The molecule has 2 N–H and O–H groups in total. The minimum atomic E-state index is -3.99. The molecule has 5 nitrogen and oxygen atoms in total. The number of benzene rings is 1. The number of pyridine rings is 1. The molecule has 20 heavy (non-hydrogen) atoms. The Morgan fingerprint density at radius 3 is 2.65 bits per heavy atom. The number of aromatic nitrogens is 1. The Kier molecular flexibility index (Phi) is 4.24. The lowest BCUT2D eigenvalue weighted by Crippen LogP contribution is -2.17. The highest BCUT2D eigenvalue weighted by Gasteiger charge is 2.22. The van der Waals surface area contributed by atoms with E-state index >= 15 is 0 Å². The maximum absolute atomic E-state index is 13.7. The maximum Gasteiger partial charge on any atom is 0.281 e. The molecule has 8 heteroatoms. The van der Waals surface area contributed by atoms with Gasteiger partial charge >= 0.3 is 0 Å². The van der Waals surface area contributed by atoms with Crippen LogP contribution in [0.5, 0.6) is 0 Å². The Bertz CT molecular complexity index is 717. The third-order valence-electron chi connectivity index (χ3n) is 2.49. The molecule has 0 radical (unpaired) electrons. The first-order chi connectivity index (χ1) is 9.45. The lowest BCUT2D eigenvalue weighted by atomic mass is 10.3. The van der Waals surface area contributed by atoms with Gasteiger partial charge in [-0.15, -0.1) is 0 Å². The van der Waals surface area contributed by atoms with Gasteiger partial charge in [0.25, 0.3) is 10.0 Å². The Morgan fingerprint density at radius 1 is 1.25 bits per heavy atom. The van der Waals surface area contributed by atoms with Crippen LogP contribution in [0.4, 0.5) is 15.8 Å². The van der Waals surface area contributed by atoms with E-state index in [1.807, 2.05) is 0 Å². The van der Waals surface area contributed by atoms with Gasteiger partial charge in [-0.25, -0.2) is 9.37 Å². The maximum atomic E-state index is 13.7. The van der Waals surface area contributed by atoms with E-state index in [2.05, 4.69) is 31.0 Å². The quantitative estimate of drug-likeness (QED) is 0.880. The van der Waals surface area contributed by atoms with Gasteiger partial charge < -0.3 is 5.32 Å². The van der Waals surface area contributed by atoms with Crippen molar-refractivity contribution in [3.8, 4) is 0 Å². The Labute approximate surface area is 124 Å². The van der Waals surface area contributed by atoms with Gasteiger partial charge in [0.05, 0.1) is 11.4 Å². The standard InChI is InChI=1S/C12H11BrFN3O2S/c1-15-10-6-3-7-16-12(10)20(18,19)17-11-8(13)4-2-5-9(11)14/h2-7,15,17H,1H3. The van der Waals surface area contributed by atoms with Gasteiger partial charge in [0, 0.05) is 17.7 Å². The number of hydrogen-bond donors (Lipinski definition) is 2. The Balaban J connectivity index is 2.47. The zero-order valence-corrected chi connectivity index (χ0v) is 12.8. The molecule has 0 saturated carbocycles. The Hall–Kier alpha value is -1.67. The van der Waals surface area contributed by atoms with Gasteiger partial charge in [-0.1, -0.05) is 6.07 Å². The summed E-state index contributed by atoms with van der Waals surface area (Å²) in [5.41, 5.74) is 0.174. The summed E-state index contributed by atoms with van der Waals surface area (Å²) in [6.07, 6.45) is 1.35. The number of sulfonamides is 1. The molecule has 0 saturated heterocycles. The molecule has 0 fully saturated rings. The minimum Gasteiger partial charge on any atom is -0.386 e. The van der Waals surface area contributed by atoms with Gasteiger partial charge in [-0.2, -0.15) is 8.42 Å². The zero-order valence-electron chi connectivity index (χ0n) is 10.4. The number of rotatable bonds is 4. The molecule has 0 bridgehead atoms. The van der Waals surface area contributed by atoms with Crippen LogP contribution in [-0.4, -0.2) is 20.4 Å². The monoisotopic (exact) mass is 359 g/mol. The summed E-state index contributed by atoms with van der Waals surface area (Å²) >= 11 is 3.10. The lowest BCUT2D eigenvalue weighted by Gasteiger charge is -2.12. The van der Waals surface area contributed by atoms with E-state index in [4.69, 9.17) is 0 Å². The Morgan fingerprint density at radius 2 is 2.00 bits per heavy atom. The molecule has 0 amide bonds. The van der Waals surface area contributed by atoms with Crippen LogP contribution < -0.4 is 10.0 Å². The average molecular weight is 360 g/mol. The van der Waals surface area contributed by atoms with E-state index < -0.39 is 15.8 Å². The van der Waals surface area contributed by atoms with Crippen LogP contribution in [0.15, 0.2) is 46.0 Å². The molecular weight excluding hydrogens is 349 g/mol. The highest BCUT2D eigenvalue weighted by atomic mass is 79.9. The van der Waals surface area contributed by atoms with Crippen molar-refractivity contribution >= 4 is 37.3 Å². The van der Waals surface area contributed by atoms with E-state index in [0.717, 1.165) is 0 Å². The number of anilines is 2. The van der Waals surface area contributed by atoms with E-state index in [1.54, 1.807) is 25.2 Å². The first-order valence-corrected chi connectivity index (χ1v) is 7.83. The highest BCUT2D eigenvalue weighted by Crippen LogP contribution is 2.28. The molecular formula is C12H11BrFN3O2S. The molecule has 106 valence electrons. The van der Waals surface area contributed by atoms with Crippen molar-refractivity contribution in [2.45, 2.75) is 5.03 Å². The molecule has 0 aliphatic heterocycles. The summed E-state index contributed by atoms with van der Waals surface area (Å²) in [7, 11) is -2.42. The summed E-state index contributed by atoms with van der Waals surface area (Å²) in [6.45, 7) is 0. The molecule has 1 aromatic carbocycles. The summed E-state index contributed by atoms with van der Waals surface area (Å²) in [5, 5.41) is 2.53. The molecule has 0 aliphatic rings. The molecule has 2 aromatic rings. The van der Waals surface area contributed by atoms with Crippen molar-refractivity contribution in [1.29, 1.82) is 0 Å².